The third-order valence-corrected chi connectivity index (χ3v) is 5.93. The van der Waals surface area contributed by atoms with Crippen molar-refractivity contribution in [2.45, 2.75) is 0 Å². The van der Waals surface area contributed by atoms with Crippen LogP contribution in [0.3, 0.4) is 0 Å². The van der Waals surface area contributed by atoms with Crippen molar-refractivity contribution in [3.8, 4) is 11.4 Å². The Morgan fingerprint density at radius 2 is 2.10 bits per heavy atom. The van der Waals surface area contributed by atoms with Crippen LogP contribution < -0.4 is 5.32 Å². The normalized spacial score (nSPS) is 14.2. The van der Waals surface area contributed by atoms with Gasteiger partial charge >= 0.3 is 0 Å². The number of amides is 1. The van der Waals surface area contributed by atoms with Gasteiger partial charge < -0.3 is 15.0 Å². The summed E-state index contributed by atoms with van der Waals surface area (Å²) in [5.41, 5.74) is 3.00. The van der Waals surface area contributed by atoms with Gasteiger partial charge in [-0.3, -0.25) is 9.89 Å². The molecule has 0 bridgehead atoms. The monoisotopic (exact) mass is 440 g/mol. The molecule has 152 valence electrons. The summed E-state index contributed by atoms with van der Waals surface area (Å²) in [6.45, 7) is 2.35. The molecule has 1 aliphatic rings. The summed E-state index contributed by atoms with van der Waals surface area (Å²) in [6.07, 6.45) is 1.69. The molecule has 0 saturated carbocycles. The van der Waals surface area contributed by atoms with E-state index in [-0.39, 0.29) is 5.91 Å². The van der Waals surface area contributed by atoms with E-state index in [1.54, 1.807) is 11.1 Å². The molecule has 1 saturated heterocycles. The number of nitrogens with zero attached hydrogens (tertiary/aromatic N) is 4. The first kappa shape index (κ1) is 19.0. The minimum atomic E-state index is -0.00563. The molecule has 8 nitrogen and oxygen atoms in total. The minimum Gasteiger partial charge on any atom is -0.378 e. The van der Waals surface area contributed by atoms with Crippen LogP contribution in [0.5, 0.6) is 0 Å². The van der Waals surface area contributed by atoms with E-state index in [1.807, 2.05) is 36.4 Å². The Hall–Kier alpha value is -3.01. The van der Waals surface area contributed by atoms with Crippen LogP contribution in [0.2, 0.25) is 5.02 Å². The van der Waals surface area contributed by atoms with E-state index in [0.29, 0.717) is 47.8 Å². The first-order chi connectivity index (χ1) is 14.7. The highest BCUT2D eigenvalue weighted by Crippen LogP contribution is 2.33. The molecule has 0 unspecified atom stereocenters. The van der Waals surface area contributed by atoms with Gasteiger partial charge in [0, 0.05) is 41.1 Å². The number of carbonyl (C=O) groups is 1. The largest absolute Gasteiger partial charge is 0.378 e. The molecule has 0 aliphatic carbocycles. The number of anilines is 2. The molecular formula is C20H17ClN6O2S. The summed E-state index contributed by atoms with van der Waals surface area (Å²) >= 11 is 7.70. The molecule has 0 spiro atoms. The van der Waals surface area contributed by atoms with Gasteiger partial charge in [-0.2, -0.15) is 14.5 Å². The number of carbonyl (C=O) groups excluding carboxylic acids is 1. The van der Waals surface area contributed by atoms with E-state index in [4.69, 9.17) is 16.3 Å². The lowest BCUT2D eigenvalue weighted by molar-refractivity contribution is 0.0303. The van der Waals surface area contributed by atoms with Crippen molar-refractivity contribution >= 4 is 50.8 Å². The van der Waals surface area contributed by atoms with Gasteiger partial charge in [0.15, 0.2) is 5.82 Å². The molecule has 5 rings (SSSR count). The SMILES string of the molecule is O=C(c1cccc(-c2nsc(Nc3ccc4[nH]ncc4c3Cl)n2)c1)N1CCOCC1. The highest BCUT2D eigenvalue weighted by Gasteiger charge is 2.19. The number of halogens is 1. The maximum absolute atomic E-state index is 12.7. The van der Waals surface area contributed by atoms with Crippen LogP contribution in [0.4, 0.5) is 10.8 Å². The van der Waals surface area contributed by atoms with Crippen LogP contribution in [0, 0.1) is 0 Å². The van der Waals surface area contributed by atoms with Gasteiger partial charge in [0.1, 0.15) is 0 Å². The van der Waals surface area contributed by atoms with Crippen LogP contribution in [0.1, 0.15) is 10.4 Å². The molecule has 3 heterocycles. The fourth-order valence-electron chi connectivity index (χ4n) is 3.33. The zero-order chi connectivity index (χ0) is 20.5. The predicted octanol–water partition coefficient (Wildman–Crippen LogP) is 3.95. The molecule has 1 amide bonds. The standard InChI is InChI=1S/C20H17ClN6O2S/c21-17-14-11-22-25-15(14)4-5-16(17)23-20-24-18(26-30-20)12-2-1-3-13(10-12)19(28)27-6-8-29-9-7-27/h1-5,10-11H,6-9H2,(H,22,25)(H,23,24,26). The summed E-state index contributed by atoms with van der Waals surface area (Å²) in [4.78, 5) is 19.1. The van der Waals surface area contributed by atoms with Crippen molar-refractivity contribution in [2.75, 3.05) is 31.6 Å². The molecule has 0 atom stereocenters. The molecular weight excluding hydrogens is 424 g/mol. The molecule has 2 aromatic carbocycles. The van der Waals surface area contributed by atoms with Gasteiger partial charge in [-0.05, 0) is 24.3 Å². The topological polar surface area (TPSA) is 96.0 Å². The summed E-state index contributed by atoms with van der Waals surface area (Å²) in [5.74, 6) is 0.550. The summed E-state index contributed by atoms with van der Waals surface area (Å²) in [6, 6.07) is 11.2. The van der Waals surface area contributed by atoms with Crippen molar-refractivity contribution in [2.24, 2.45) is 0 Å². The minimum absolute atomic E-state index is 0.00563. The number of hydrogen-bond donors (Lipinski definition) is 2. The van der Waals surface area contributed by atoms with E-state index in [0.717, 1.165) is 22.2 Å². The van der Waals surface area contributed by atoms with Gasteiger partial charge in [-0.15, -0.1) is 0 Å². The van der Waals surface area contributed by atoms with E-state index in [2.05, 4.69) is 24.9 Å². The summed E-state index contributed by atoms with van der Waals surface area (Å²) in [5, 5.41) is 12.1. The van der Waals surface area contributed by atoms with Crippen molar-refractivity contribution in [3.63, 3.8) is 0 Å². The average Bonchev–Trinajstić information content (AvgIpc) is 3.46. The van der Waals surface area contributed by atoms with Gasteiger partial charge in [0.05, 0.1) is 35.6 Å². The van der Waals surface area contributed by atoms with Crippen molar-refractivity contribution in [1.29, 1.82) is 0 Å². The fourth-order valence-corrected chi connectivity index (χ4v) is 4.19. The fraction of sp³-hybridized carbons (Fsp3) is 0.200. The maximum atomic E-state index is 12.7. The van der Waals surface area contributed by atoms with Gasteiger partial charge in [0.25, 0.3) is 5.91 Å². The van der Waals surface area contributed by atoms with E-state index >= 15 is 0 Å². The van der Waals surface area contributed by atoms with Crippen molar-refractivity contribution < 1.29 is 9.53 Å². The maximum Gasteiger partial charge on any atom is 0.254 e. The highest BCUT2D eigenvalue weighted by atomic mass is 35.5. The third-order valence-electron chi connectivity index (χ3n) is 4.89. The Morgan fingerprint density at radius 3 is 2.97 bits per heavy atom. The lowest BCUT2D eigenvalue weighted by atomic mass is 10.1. The Labute approximate surface area is 181 Å². The van der Waals surface area contributed by atoms with Crippen molar-refractivity contribution in [3.05, 3.63) is 53.2 Å². The van der Waals surface area contributed by atoms with Crippen LogP contribution in [-0.2, 0) is 4.74 Å². The van der Waals surface area contributed by atoms with Gasteiger partial charge in [0.2, 0.25) is 5.13 Å². The molecule has 1 fully saturated rings. The molecule has 2 aromatic heterocycles. The Morgan fingerprint density at radius 1 is 1.23 bits per heavy atom. The van der Waals surface area contributed by atoms with Crippen LogP contribution in [-0.4, -0.2) is 56.7 Å². The second-order valence-electron chi connectivity index (χ2n) is 6.79. The predicted molar refractivity (Wildman–Crippen MR) is 116 cm³/mol. The second kappa shape index (κ2) is 8.02. The van der Waals surface area contributed by atoms with Gasteiger partial charge in [-0.1, -0.05) is 23.7 Å². The Balaban J connectivity index is 1.37. The summed E-state index contributed by atoms with van der Waals surface area (Å²) < 4.78 is 9.76. The number of H-pyrrole nitrogens is 1. The number of benzene rings is 2. The van der Waals surface area contributed by atoms with Crippen LogP contribution >= 0.6 is 23.1 Å². The number of rotatable bonds is 4. The lowest BCUT2D eigenvalue weighted by Crippen LogP contribution is -2.40. The number of aromatic amines is 1. The Bertz CT molecular complexity index is 1220. The summed E-state index contributed by atoms with van der Waals surface area (Å²) in [7, 11) is 0. The molecule has 30 heavy (non-hydrogen) atoms. The molecule has 2 N–H and O–H groups in total. The molecule has 0 radical (unpaired) electrons. The van der Waals surface area contributed by atoms with Crippen LogP contribution in [0.25, 0.3) is 22.3 Å². The zero-order valence-electron chi connectivity index (χ0n) is 15.8. The second-order valence-corrected chi connectivity index (χ2v) is 7.92. The van der Waals surface area contributed by atoms with E-state index in [9.17, 15) is 4.79 Å². The smallest absolute Gasteiger partial charge is 0.254 e. The quantitative estimate of drug-likeness (QED) is 0.498. The average molecular weight is 441 g/mol. The molecule has 4 aromatic rings. The number of aromatic nitrogens is 4. The number of nitrogens with one attached hydrogen (secondary N) is 2. The molecule has 10 heteroatoms. The number of fused-ring (bicyclic) bond motifs is 1. The first-order valence-corrected chi connectivity index (χ1v) is 10.5. The van der Waals surface area contributed by atoms with E-state index in [1.165, 1.54) is 11.5 Å². The van der Waals surface area contributed by atoms with E-state index < -0.39 is 0 Å². The number of ether oxygens (including phenoxy) is 1. The lowest BCUT2D eigenvalue weighted by Gasteiger charge is -2.26. The zero-order valence-corrected chi connectivity index (χ0v) is 17.3. The third kappa shape index (κ3) is 3.62. The molecule has 1 aliphatic heterocycles. The highest BCUT2D eigenvalue weighted by molar-refractivity contribution is 7.10. The number of morpholine rings is 1. The van der Waals surface area contributed by atoms with Gasteiger partial charge in [-0.25, -0.2) is 0 Å². The van der Waals surface area contributed by atoms with Crippen molar-refractivity contribution in [1.82, 2.24) is 24.5 Å². The number of hydrogen-bond acceptors (Lipinski definition) is 7. The Kier molecular flexibility index (Phi) is 5.07. The first-order valence-electron chi connectivity index (χ1n) is 9.39. The van der Waals surface area contributed by atoms with Crippen LogP contribution in [0.15, 0.2) is 42.6 Å².